The fraction of sp³-hybridized carbons (Fsp3) is 0.500. The molecule has 1 aromatic rings. The van der Waals surface area contributed by atoms with Crippen LogP contribution in [0.15, 0.2) is 18.3 Å². The maximum absolute atomic E-state index is 11.2. The molecule has 1 rings (SSSR count). The first-order chi connectivity index (χ1) is 6.74. The van der Waals surface area contributed by atoms with Gasteiger partial charge in [0.1, 0.15) is 6.61 Å². The van der Waals surface area contributed by atoms with Crippen molar-refractivity contribution >= 4 is 5.91 Å². The van der Waals surface area contributed by atoms with Gasteiger partial charge in [0, 0.05) is 25.5 Å². The van der Waals surface area contributed by atoms with Crippen LogP contribution in [0.4, 0.5) is 0 Å². The predicted molar refractivity (Wildman–Crippen MR) is 53.8 cm³/mol. The first-order valence-corrected chi connectivity index (χ1v) is 4.68. The molecule has 0 atom stereocenters. The van der Waals surface area contributed by atoms with Crippen molar-refractivity contribution in [3.8, 4) is 0 Å². The Bertz CT molecular complexity index is 294. The zero-order valence-electron chi connectivity index (χ0n) is 8.62. The van der Waals surface area contributed by atoms with Crippen molar-refractivity contribution in [1.29, 1.82) is 0 Å². The van der Waals surface area contributed by atoms with Crippen molar-refractivity contribution in [1.82, 2.24) is 9.88 Å². The molecule has 0 unspecified atom stereocenters. The summed E-state index contributed by atoms with van der Waals surface area (Å²) in [6.07, 6.45) is 1.95. The minimum Gasteiger partial charge on any atom is -0.372 e. The van der Waals surface area contributed by atoms with Crippen molar-refractivity contribution in [3.05, 3.63) is 24.0 Å². The molecule has 0 fully saturated rings. The summed E-state index contributed by atoms with van der Waals surface area (Å²) in [6, 6.07) is 3.92. The van der Waals surface area contributed by atoms with E-state index in [0.29, 0.717) is 13.2 Å². The molecule has 0 radical (unpaired) electrons. The Hall–Kier alpha value is -1.29. The highest BCUT2D eigenvalue weighted by molar-refractivity contribution is 5.77. The number of nitrogens with one attached hydrogen (secondary N) is 1. The summed E-state index contributed by atoms with van der Waals surface area (Å²) in [6.45, 7) is 3.12. The van der Waals surface area contributed by atoms with E-state index in [1.165, 1.54) is 0 Å². The topological polar surface area (TPSA) is 43.3 Å². The van der Waals surface area contributed by atoms with Gasteiger partial charge in [-0.2, -0.15) is 0 Å². The summed E-state index contributed by atoms with van der Waals surface area (Å²) in [7, 11) is 1.95. The largest absolute Gasteiger partial charge is 0.372 e. The van der Waals surface area contributed by atoms with Crippen molar-refractivity contribution < 1.29 is 9.53 Å². The van der Waals surface area contributed by atoms with Gasteiger partial charge >= 0.3 is 0 Å². The van der Waals surface area contributed by atoms with Crippen LogP contribution in [0.1, 0.15) is 12.6 Å². The van der Waals surface area contributed by atoms with Gasteiger partial charge in [0.25, 0.3) is 0 Å². The van der Waals surface area contributed by atoms with E-state index in [9.17, 15) is 4.79 Å². The highest BCUT2D eigenvalue weighted by Gasteiger charge is 2.01. The van der Waals surface area contributed by atoms with E-state index in [2.05, 4.69) is 5.32 Å². The van der Waals surface area contributed by atoms with Gasteiger partial charge in [0.2, 0.25) is 5.91 Å². The third-order valence-electron chi connectivity index (χ3n) is 1.96. The summed E-state index contributed by atoms with van der Waals surface area (Å²) >= 11 is 0. The van der Waals surface area contributed by atoms with E-state index in [1.54, 1.807) is 0 Å². The lowest BCUT2D eigenvalue weighted by Gasteiger charge is -2.06. The first kappa shape index (κ1) is 10.8. The lowest BCUT2D eigenvalue weighted by Crippen LogP contribution is -2.27. The van der Waals surface area contributed by atoms with Crippen molar-refractivity contribution in [2.24, 2.45) is 7.05 Å². The summed E-state index contributed by atoms with van der Waals surface area (Å²) in [5, 5.41) is 2.78. The molecule has 0 saturated heterocycles. The molecule has 78 valence electrons. The Morgan fingerprint density at radius 2 is 2.43 bits per heavy atom. The van der Waals surface area contributed by atoms with Crippen molar-refractivity contribution in [3.63, 3.8) is 0 Å². The fourth-order valence-corrected chi connectivity index (χ4v) is 1.12. The SMILES string of the molecule is CCOCC(=O)NCc1cccn1C. The van der Waals surface area contributed by atoms with Crippen molar-refractivity contribution in [2.75, 3.05) is 13.2 Å². The third kappa shape index (κ3) is 3.22. The Kier molecular flexibility index (Phi) is 4.19. The monoisotopic (exact) mass is 196 g/mol. The van der Waals surface area contributed by atoms with Crippen LogP contribution in [-0.4, -0.2) is 23.7 Å². The van der Waals surface area contributed by atoms with E-state index in [4.69, 9.17) is 4.74 Å². The smallest absolute Gasteiger partial charge is 0.246 e. The number of hydrogen-bond donors (Lipinski definition) is 1. The van der Waals surface area contributed by atoms with E-state index in [1.807, 2.05) is 36.9 Å². The number of rotatable bonds is 5. The molecule has 14 heavy (non-hydrogen) atoms. The average Bonchev–Trinajstić information content (AvgIpc) is 2.58. The van der Waals surface area contributed by atoms with Gasteiger partial charge in [-0.1, -0.05) is 0 Å². The van der Waals surface area contributed by atoms with Gasteiger partial charge in [0.05, 0.1) is 6.54 Å². The number of hydrogen-bond acceptors (Lipinski definition) is 2. The molecule has 1 heterocycles. The summed E-state index contributed by atoms with van der Waals surface area (Å²) < 4.78 is 6.95. The Balaban J connectivity index is 2.27. The Morgan fingerprint density at radius 3 is 3.00 bits per heavy atom. The molecule has 1 N–H and O–H groups in total. The number of nitrogens with zero attached hydrogens (tertiary/aromatic N) is 1. The fourth-order valence-electron chi connectivity index (χ4n) is 1.12. The second-order valence-corrected chi connectivity index (χ2v) is 3.02. The lowest BCUT2D eigenvalue weighted by atomic mass is 10.4. The van der Waals surface area contributed by atoms with Crippen LogP contribution in [-0.2, 0) is 23.1 Å². The molecule has 0 bridgehead atoms. The van der Waals surface area contributed by atoms with Crippen LogP contribution >= 0.6 is 0 Å². The van der Waals surface area contributed by atoms with Crippen LogP contribution in [0.3, 0.4) is 0 Å². The second kappa shape index (κ2) is 5.44. The standard InChI is InChI=1S/C10H16N2O2/c1-3-14-8-10(13)11-7-9-5-4-6-12(9)2/h4-6H,3,7-8H2,1-2H3,(H,11,13). The van der Waals surface area contributed by atoms with Crippen molar-refractivity contribution in [2.45, 2.75) is 13.5 Å². The summed E-state index contributed by atoms with van der Waals surface area (Å²) in [5.74, 6) is -0.0759. The number of aryl methyl sites for hydroxylation is 1. The van der Waals surface area contributed by atoms with Gasteiger partial charge < -0.3 is 14.6 Å². The van der Waals surface area contributed by atoms with Gasteiger partial charge in [-0.05, 0) is 19.1 Å². The number of carbonyl (C=O) groups is 1. The summed E-state index contributed by atoms with van der Waals surface area (Å²) in [5.41, 5.74) is 1.08. The second-order valence-electron chi connectivity index (χ2n) is 3.02. The lowest BCUT2D eigenvalue weighted by molar-refractivity contribution is -0.125. The van der Waals surface area contributed by atoms with E-state index >= 15 is 0 Å². The third-order valence-corrected chi connectivity index (χ3v) is 1.96. The predicted octanol–water partition coefficient (Wildman–Crippen LogP) is 0.678. The van der Waals surface area contributed by atoms with E-state index in [-0.39, 0.29) is 12.5 Å². The molecule has 0 aliphatic rings. The van der Waals surface area contributed by atoms with Crippen LogP contribution < -0.4 is 5.32 Å². The Labute approximate surface area is 83.9 Å². The molecule has 0 saturated carbocycles. The van der Waals surface area contributed by atoms with Crippen LogP contribution in [0.5, 0.6) is 0 Å². The first-order valence-electron chi connectivity index (χ1n) is 4.68. The van der Waals surface area contributed by atoms with Gasteiger partial charge in [0.15, 0.2) is 0 Å². The van der Waals surface area contributed by atoms with Gasteiger partial charge in [-0.25, -0.2) is 0 Å². The van der Waals surface area contributed by atoms with E-state index < -0.39 is 0 Å². The molecule has 0 aromatic carbocycles. The van der Waals surface area contributed by atoms with Gasteiger partial charge in [-0.15, -0.1) is 0 Å². The quantitative estimate of drug-likeness (QED) is 0.752. The number of aromatic nitrogens is 1. The van der Waals surface area contributed by atoms with Crippen LogP contribution in [0.25, 0.3) is 0 Å². The molecule has 1 amide bonds. The molecule has 0 aliphatic heterocycles. The molecule has 0 spiro atoms. The minimum absolute atomic E-state index is 0.0759. The van der Waals surface area contributed by atoms with Crippen LogP contribution in [0, 0.1) is 0 Å². The molecule has 4 heteroatoms. The molecule has 1 aromatic heterocycles. The molecular weight excluding hydrogens is 180 g/mol. The maximum atomic E-state index is 11.2. The van der Waals surface area contributed by atoms with Gasteiger partial charge in [-0.3, -0.25) is 4.79 Å². The molecular formula is C10H16N2O2. The number of carbonyl (C=O) groups excluding carboxylic acids is 1. The molecule has 0 aliphatic carbocycles. The Morgan fingerprint density at radius 1 is 1.64 bits per heavy atom. The highest BCUT2D eigenvalue weighted by Crippen LogP contribution is 1.97. The number of amides is 1. The minimum atomic E-state index is -0.0759. The van der Waals surface area contributed by atoms with Crippen LogP contribution in [0.2, 0.25) is 0 Å². The average molecular weight is 196 g/mol. The maximum Gasteiger partial charge on any atom is 0.246 e. The summed E-state index contributed by atoms with van der Waals surface area (Å²) in [4.78, 5) is 11.2. The zero-order chi connectivity index (χ0) is 10.4. The zero-order valence-corrected chi connectivity index (χ0v) is 8.62. The highest BCUT2D eigenvalue weighted by atomic mass is 16.5. The molecule has 4 nitrogen and oxygen atoms in total. The normalized spacial score (nSPS) is 10.1. The van der Waals surface area contributed by atoms with E-state index in [0.717, 1.165) is 5.69 Å². The number of ether oxygens (including phenoxy) is 1.